The Balaban J connectivity index is 1.37. The predicted molar refractivity (Wildman–Crippen MR) is 172 cm³/mol. The summed E-state index contributed by atoms with van der Waals surface area (Å²) in [7, 11) is 0. The molecule has 5 aromatic rings. The van der Waals surface area contributed by atoms with E-state index >= 15 is 4.39 Å². The van der Waals surface area contributed by atoms with Gasteiger partial charge in [0.15, 0.2) is 0 Å². The summed E-state index contributed by atoms with van der Waals surface area (Å²) in [5.41, 5.74) is 8.34. The third-order valence-electron chi connectivity index (χ3n) is 8.04. The lowest BCUT2D eigenvalue weighted by molar-refractivity contribution is -0.689. The molecular formula is C35H35F2N6O3S+. The van der Waals surface area contributed by atoms with Crippen molar-refractivity contribution in [2.24, 2.45) is 11.7 Å². The predicted octanol–water partition coefficient (Wildman–Crippen LogP) is 5.13. The highest BCUT2D eigenvalue weighted by Crippen LogP contribution is 2.36. The summed E-state index contributed by atoms with van der Waals surface area (Å²) >= 11 is 1.42. The first-order chi connectivity index (χ1) is 22.5. The third kappa shape index (κ3) is 7.77. The molecule has 2 heterocycles. The Hall–Kier alpha value is -4.83. The Bertz CT molecular complexity index is 1910. The van der Waals surface area contributed by atoms with Crippen LogP contribution in [-0.2, 0) is 29.9 Å². The van der Waals surface area contributed by atoms with Crippen molar-refractivity contribution >= 4 is 17.3 Å². The monoisotopic (exact) mass is 657 g/mol. The molecule has 2 atom stereocenters. The van der Waals surface area contributed by atoms with Gasteiger partial charge in [0.2, 0.25) is 6.33 Å². The van der Waals surface area contributed by atoms with Gasteiger partial charge in [0.1, 0.15) is 29.5 Å². The number of thiazole rings is 1. The van der Waals surface area contributed by atoms with Crippen LogP contribution >= 0.6 is 11.3 Å². The van der Waals surface area contributed by atoms with E-state index in [0.29, 0.717) is 24.3 Å². The molecular weight excluding hydrogens is 622 g/mol. The van der Waals surface area contributed by atoms with Crippen molar-refractivity contribution in [1.29, 1.82) is 5.26 Å². The smallest absolute Gasteiger partial charge is 0.312 e. The second-order valence-corrected chi connectivity index (χ2v) is 12.6. The zero-order valence-electron chi connectivity index (χ0n) is 26.3. The van der Waals surface area contributed by atoms with E-state index in [4.69, 9.17) is 20.7 Å². The highest BCUT2D eigenvalue weighted by atomic mass is 32.1. The van der Waals surface area contributed by atoms with Gasteiger partial charge in [-0.1, -0.05) is 25.1 Å². The van der Waals surface area contributed by atoms with Crippen LogP contribution in [0.3, 0.4) is 0 Å². The summed E-state index contributed by atoms with van der Waals surface area (Å²) < 4.78 is 38.0. The fourth-order valence-electron chi connectivity index (χ4n) is 5.59. The topological polar surface area (TPSA) is 131 Å². The first kappa shape index (κ1) is 33.5. The summed E-state index contributed by atoms with van der Waals surface area (Å²) in [6, 6.07) is 16.2. The lowest BCUT2D eigenvalue weighted by Gasteiger charge is -2.32. The van der Waals surface area contributed by atoms with Gasteiger partial charge < -0.3 is 15.6 Å². The largest absolute Gasteiger partial charge is 0.426 e. The van der Waals surface area contributed by atoms with E-state index in [1.54, 1.807) is 31.7 Å². The molecule has 0 bridgehead atoms. The van der Waals surface area contributed by atoms with Crippen molar-refractivity contribution < 1.29 is 28.0 Å². The number of halogens is 2. The summed E-state index contributed by atoms with van der Waals surface area (Å²) in [4.78, 5) is 16.7. The molecule has 0 saturated heterocycles. The average molecular weight is 658 g/mol. The number of rotatable bonds is 12. The van der Waals surface area contributed by atoms with Crippen LogP contribution in [0.25, 0.3) is 11.3 Å². The lowest BCUT2D eigenvalue weighted by atomic mass is 9.80. The fraction of sp³-hybridized carbons (Fsp3) is 0.286. The molecule has 0 amide bonds. The van der Waals surface area contributed by atoms with Crippen molar-refractivity contribution in [3.63, 3.8) is 0 Å². The van der Waals surface area contributed by atoms with Crippen molar-refractivity contribution in [3.8, 4) is 23.1 Å². The number of aliphatic hydroxyl groups is 1. The number of carbonyl (C=O) groups is 1. The molecule has 0 aliphatic heterocycles. The van der Waals surface area contributed by atoms with Crippen LogP contribution in [0.5, 0.6) is 5.75 Å². The van der Waals surface area contributed by atoms with Crippen LogP contribution in [-0.4, -0.2) is 32.4 Å². The number of hydrogen-bond acceptors (Lipinski definition) is 8. The second-order valence-electron chi connectivity index (χ2n) is 11.7. The van der Waals surface area contributed by atoms with Gasteiger partial charge in [-0.05, 0) is 66.8 Å². The highest BCUT2D eigenvalue weighted by molar-refractivity contribution is 7.09. The summed E-state index contributed by atoms with van der Waals surface area (Å²) in [6.07, 6.45) is 3.77. The SMILES string of the molecule is Cc1cc(C[n+]2cnn(CC(O)(c3ccc(F)cc3F)C(C)Cc3nc(-c4ccc(C#N)cc4)cs3)c2)cc(C)c1OC(=O)CCN. The molecule has 0 saturated carbocycles. The Kier molecular flexibility index (Phi) is 10.2. The molecule has 0 radical (unpaired) electrons. The zero-order chi connectivity index (χ0) is 33.7. The number of aryl methyl sites for hydroxylation is 2. The van der Waals surface area contributed by atoms with Crippen molar-refractivity contribution in [3.05, 3.63) is 117 Å². The van der Waals surface area contributed by atoms with E-state index in [0.717, 1.165) is 45.1 Å². The first-order valence-corrected chi connectivity index (χ1v) is 15.9. The number of aromatic nitrogens is 4. The standard InChI is InChI=1S/C35H35F2N6O3S/c1-22-12-26(13-23(2)34(22)46-33(44)10-11-38)17-42-20-40-43(21-42)19-35(45,29-9-8-28(36)15-30(29)37)24(3)14-32-41-31(18-47-32)27-6-4-25(16-39)5-7-27/h4-9,12-13,15,18,20-21,24,45H,10-11,14,17,19,38H2,1-3H3/q+1. The van der Waals surface area contributed by atoms with E-state index in [9.17, 15) is 14.3 Å². The number of esters is 1. The molecule has 0 aliphatic rings. The Labute approximate surface area is 275 Å². The van der Waals surface area contributed by atoms with Gasteiger partial charge in [0.25, 0.3) is 6.33 Å². The quantitative estimate of drug-likeness (QED) is 0.108. The van der Waals surface area contributed by atoms with Gasteiger partial charge in [-0.15, -0.1) is 16.0 Å². The number of nitrogens with zero attached hydrogens (tertiary/aromatic N) is 5. The molecule has 9 nitrogen and oxygen atoms in total. The summed E-state index contributed by atoms with van der Waals surface area (Å²) in [5, 5.41) is 28.4. The maximum absolute atomic E-state index is 15.2. The zero-order valence-corrected chi connectivity index (χ0v) is 27.1. The lowest BCUT2D eigenvalue weighted by Crippen LogP contribution is -2.41. The van der Waals surface area contributed by atoms with Crippen molar-refractivity contribution in [2.75, 3.05) is 6.54 Å². The molecule has 2 aromatic heterocycles. The molecule has 2 unspecified atom stereocenters. The van der Waals surface area contributed by atoms with Gasteiger partial charge in [-0.25, -0.2) is 18.3 Å². The molecule has 0 spiro atoms. The molecule has 12 heteroatoms. The third-order valence-corrected chi connectivity index (χ3v) is 8.91. The number of carbonyl (C=O) groups excluding carboxylic acids is 1. The minimum absolute atomic E-state index is 0.0386. The number of nitriles is 1. The molecule has 242 valence electrons. The van der Waals surface area contributed by atoms with Crippen molar-refractivity contribution in [2.45, 2.75) is 52.3 Å². The maximum atomic E-state index is 15.2. The Morgan fingerprint density at radius 2 is 1.89 bits per heavy atom. The van der Waals surface area contributed by atoms with E-state index < -0.39 is 23.2 Å². The van der Waals surface area contributed by atoms with E-state index in [1.807, 2.05) is 48.1 Å². The van der Waals surface area contributed by atoms with E-state index in [2.05, 4.69) is 11.2 Å². The normalized spacial score (nSPS) is 13.1. The minimum atomic E-state index is -1.77. The Morgan fingerprint density at radius 1 is 1.17 bits per heavy atom. The van der Waals surface area contributed by atoms with Gasteiger partial charge in [-0.3, -0.25) is 4.79 Å². The van der Waals surface area contributed by atoms with Crippen LogP contribution in [0.1, 0.15) is 46.2 Å². The highest BCUT2D eigenvalue weighted by Gasteiger charge is 2.41. The molecule has 3 aromatic carbocycles. The summed E-state index contributed by atoms with van der Waals surface area (Å²) in [6.45, 7) is 6.08. The summed E-state index contributed by atoms with van der Waals surface area (Å²) in [5.74, 6) is -2.02. The number of ether oxygens (including phenoxy) is 1. The van der Waals surface area contributed by atoms with Crippen molar-refractivity contribution in [1.82, 2.24) is 14.8 Å². The number of benzene rings is 3. The van der Waals surface area contributed by atoms with Crippen LogP contribution in [0.15, 0.2) is 72.6 Å². The van der Waals surface area contributed by atoms with Crippen LogP contribution < -0.4 is 15.0 Å². The van der Waals surface area contributed by atoms with Gasteiger partial charge in [0.05, 0.1) is 35.3 Å². The van der Waals surface area contributed by atoms with Crippen LogP contribution in [0.2, 0.25) is 0 Å². The van der Waals surface area contributed by atoms with Gasteiger partial charge >= 0.3 is 5.97 Å². The van der Waals surface area contributed by atoms with Crippen LogP contribution in [0.4, 0.5) is 8.78 Å². The maximum Gasteiger partial charge on any atom is 0.312 e. The van der Waals surface area contributed by atoms with Gasteiger partial charge in [-0.2, -0.15) is 5.26 Å². The van der Waals surface area contributed by atoms with E-state index in [1.165, 1.54) is 22.1 Å². The molecule has 5 rings (SSSR count). The molecule has 3 N–H and O–H groups in total. The number of nitrogens with two attached hydrogens (primary N) is 1. The Morgan fingerprint density at radius 3 is 2.55 bits per heavy atom. The first-order valence-electron chi connectivity index (χ1n) is 15.0. The average Bonchev–Trinajstić information content (AvgIpc) is 3.68. The van der Waals surface area contributed by atoms with Gasteiger partial charge in [0, 0.05) is 40.6 Å². The fourth-order valence-corrected chi connectivity index (χ4v) is 6.52. The molecule has 0 aliphatic carbocycles. The molecule has 47 heavy (non-hydrogen) atoms. The second kappa shape index (κ2) is 14.3. The molecule has 0 fully saturated rings. The van der Waals surface area contributed by atoms with E-state index in [-0.39, 0.29) is 31.0 Å². The van der Waals surface area contributed by atoms with Crippen LogP contribution in [0, 0.1) is 42.7 Å². The minimum Gasteiger partial charge on any atom is -0.426 e. The number of hydrogen-bond donors (Lipinski definition) is 2.